The van der Waals surface area contributed by atoms with E-state index in [0.29, 0.717) is 32.3 Å². The van der Waals surface area contributed by atoms with Gasteiger partial charge in [-0.15, -0.1) is 0 Å². The first-order chi connectivity index (χ1) is 19.7. The number of benzene rings is 3. The van der Waals surface area contributed by atoms with Gasteiger partial charge < -0.3 is 9.40 Å². The molecule has 0 fully saturated rings. The maximum absolute atomic E-state index is 15.3. The van der Waals surface area contributed by atoms with Crippen molar-refractivity contribution >= 4 is 45.7 Å². The molecule has 11 heteroatoms. The predicted molar refractivity (Wildman–Crippen MR) is 152 cm³/mol. The molecule has 5 aromatic rings. The molecule has 1 atom stereocenters. The van der Waals surface area contributed by atoms with Crippen LogP contribution in [0.4, 0.5) is 8.78 Å². The zero-order valence-corrected chi connectivity index (χ0v) is 22.7. The number of oxazole rings is 1. The molecule has 0 spiro atoms. The van der Waals surface area contributed by atoms with Crippen molar-refractivity contribution in [2.75, 3.05) is 0 Å². The number of amides is 1. The van der Waals surface area contributed by atoms with E-state index in [1.807, 2.05) is 12.1 Å². The number of hydrogen-bond donors (Lipinski definition) is 1. The maximum atomic E-state index is 15.3. The number of nitrogens with zero attached hydrogens (tertiary/aromatic N) is 3. The van der Waals surface area contributed by atoms with Crippen molar-refractivity contribution < 1.29 is 18.0 Å². The van der Waals surface area contributed by atoms with Crippen LogP contribution in [-0.4, -0.2) is 32.5 Å². The minimum Gasteiger partial charge on any atom is -0.451 e. The number of nitrogens with one attached hydrogen (secondary N) is 1. The van der Waals surface area contributed by atoms with E-state index in [4.69, 9.17) is 27.6 Å². The van der Waals surface area contributed by atoms with Gasteiger partial charge in [0.25, 0.3) is 5.56 Å². The highest BCUT2D eigenvalue weighted by molar-refractivity contribution is 6.31. The number of para-hydroxylation sites is 1. The third kappa shape index (κ3) is 5.14. The summed E-state index contributed by atoms with van der Waals surface area (Å²) in [6.45, 7) is 0. The van der Waals surface area contributed by atoms with Gasteiger partial charge in [0.1, 0.15) is 6.26 Å². The number of H-pyrrole nitrogens is 1. The van der Waals surface area contributed by atoms with E-state index in [1.165, 1.54) is 0 Å². The summed E-state index contributed by atoms with van der Waals surface area (Å²) in [5.74, 6) is -5.38. The highest BCUT2D eigenvalue weighted by atomic mass is 35.5. The molecule has 0 saturated heterocycles. The van der Waals surface area contributed by atoms with Crippen LogP contribution in [0.3, 0.4) is 0 Å². The number of fused-ring (bicyclic) bond motifs is 1. The van der Waals surface area contributed by atoms with E-state index >= 15 is 8.78 Å². The zero-order chi connectivity index (χ0) is 28.7. The quantitative estimate of drug-likeness (QED) is 0.229. The lowest BCUT2D eigenvalue weighted by Crippen LogP contribution is -2.42. The third-order valence-corrected chi connectivity index (χ3v) is 7.42. The first kappa shape index (κ1) is 26.9. The Morgan fingerprint density at radius 2 is 1.68 bits per heavy atom. The Kier molecular flexibility index (Phi) is 6.93. The average Bonchev–Trinajstić information content (AvgIpc) is 3.63. The number of aromatic nitrogens is 2. The lowest BCUT2D eigenvalue weighted by atomic mass is 9.91. The normalized spacial score (nSPS) is 15.4. The van der Waals surface area contributed by atoms with Crippen LogP contribution >= 0.6 is 23.2 Å². The molecule has 6 rings (SSSR count). The molecular formula is C30H20Cl2F2N4O3. The number of aromatic amines is 1. The second-order valence-electron chi connectivity index (χ2n) is 9.59. The lowest BCUT2D eigenvalue weighted by molar-refractivity contribution is -0.159. The first-order valence-corrected chi connectivity index (χ1v) is 13.3. The molecule has 1 unspecified atom stereocenters. The van der Waals surface area contributed by atoms with Gasteiger partial charge in [-0.1, -0.05) is 65.7 Å². The van der Waals surface area contributed by atoms with E-state index in [-0.39, 0.29) is 23.4 Å². The molecular weight excluding hydrogens is 573 g/mol. The molecule has 0 bridgehead atoms. The molecule has 1 aliphatic heterocycles. The molecule has 1 N–H and O–H groups in total. The van der Waals surface area contributed by atoms with Gasteiger partial charge in [-0.3, -0.25) is 9.59 Å². The van der Waals surface area contributed by atoms with Crippen LogP contribution < -0.4 is 5.56 Å². The molecule has 2 aromatic heterocycles. The number of carbonyl (C=O) groups is 1. The number of hydrazone groups is 1. The predicted octanol–water partition coefficient (Wildman–Crippen LogP) is 7.05. The Morgan fingerprint density at radius 1 is 1.00 bits per heavy atom. The summed E-state index contributed by atoms with van der Waals surface area (Å²) in [4.78, 5) is 33.6. The van der Waals surface area contributed by atoms with Crippen molar-refractivity contribution in [3.63, 3.8) is 0 Å². The van der Waals surface area contributed by atoms with Crippen LogP contribution in [-0.2, 0) is 11.2 Å². The van der Waals surface area contributed by atoms with Gasteiger partial charge in [0, 0.05) is 32.9 Å². The Balaban J connectivity index is 1.52. The van der Waals surface area contributed by atoms with Crippen molar-refractivity contribution in [2.24, 2.45) is 5.10 Å². The van der Waals surface area contributed by atoms with Crippen molar-refractivity contribution in [3.8, 4) is 11.1 Å². The van der Waals surface area contributed by atoms with Gasteiger partial charge in [-0.25, -0.2) is 9.99 Å². The molecule has 0 radical (unpaired) electrons. The number of alkyl halides is 2. The lowest BCUT2D eigenvalue weighted by Gasteiger charge is -2.25. The van der Waals surface area contributed by atoms with Gasteiger partial charge >= 0.3 is 11.8 Å². The molecule has 7 nitrogen and oxygen atoms in total. The highest BCUT2D eigenvalue weighted by Gasteiger charge is 2.48. The van der Waals surface area contributed by atoms with Gasteiger partial charge in [0.05, 0.1) is 29.4 Å². The van der Waals surface area contributed by atoms with Crippen LogP contribution in [0, 0.1) is 0 Å². The standard InChI is InChI=1S/C30H20Cl2F2N4O3/c31-19-9-5-17(6-10-19)25-13-24(37-38(25)29(40)30(33,34)14-21-15-41-16-35-21)27-26(18-7-11-20(32)12-8-18)22-3-1-2-4-23(22)36-28(27)39/h1-12,15-16,25H,13-14H2,(H,36,39). The fourth-order valence-corrected chi connectivity index (χ4v) is 5.28. The van der Waals surface area contributed by atoms with Gasteiger partial charge in [-0.2, -0.15) is 13.9 Å². The summed E-state index contributed by atoms with van der Waals surface area (Å²) in [7, 11) is 0. The molecule has 1 aliphatic rings. The van der Waals surface area contributed by atoms with Crippen LogP contribution in [0.15, 0.2) is 99.8 Å². The number of hydrogen-bond acceptors (Lipinski definition) is 5. The minimum atomic E-state index is -3.85. The monoisotopic (exact) mass is 592 g/mol. The largest absolute Gasteiger partial charge is 0.451 e. The third-order valence-electron chi connectivity index (χ3n) is 6.92. The van der Waals surface area contributed by atoms with Crippen molar-refractivity contribution in [1.82, 2.24) is 15.0 Å². The van der Waals surface area contributed by atoms with E-state index < -0.39 is 29.9 Å². The van der Waals surface area contributed by atoms with Gasteiger partial charge in [0.15, 0.2) is 6.39 Å². The smallest absolute Gasteiger partial charge is 0.332 e. The van der Waals surface area contributed by atoms with E-state index in [9.17, 15) is 9.59 Å². The second-order valence-corrected chi connectivity index (χ2v) is 10.5. The zero-order valence-electron chi connectivity index (χ0n) is 21.2. The fourth-order valence-electron chi connectivity index (χ4n) is 5.02. The molecule has 206 valence electrons. The topological polar surface area (TPSA) is 91.6 Å². The number of carbonyl (C=O) groups excluding carboxylic acids is 1. The van der Waals surface area contributed by atoms with Gasteiger partial charge in [0.2, 0.25) is 0 Å². The first-order valence-electron chi connectivity index (χ1n) is 12.5. The number of pyridine rings is 1. The molecule has 41 heavy (non-hydrogen) atoms. The Morgan fingerprint density at radius 3 is 2.37 bits per heavy atom. The average molecular weight is 593 g/mol. The summed E-state index contributed by atoms with van der Waals surface area (Å²) >= 11 is 12.2. The number of halogens is 4. The second kappa shape index (κ2) is 10.6. The minimum absolute atomic E-state index is 0.00935. The van der Waals surface area contributed by atoms with Crippen molar-refractivity contribution in [2.45, 2.75) is 24.8 Å². The van der Waals surface area contributed by atoms with E-state index in [0.717, 1.165) is 23.1 Å². The highest BCUT2D eigenvalue weighted by Crippen LogP contribution is 2.39. The fraction of sp³-hybridized carbons (Fsp3) is 0.133. The summed E-state index contributed by atoms with van der Waals surface area (Å²) in [5.41, 5.74) is 2.18. The van der Waals surface area contributed by atoms with Crippen molar-refractivity contribution in [1.29, 1.82) is 0 Å². The van der Waals surface area contributed by atoms with E-state index in [2.05, 4.69) is 15.1 Å². The van der Waals surface area contributed by atoms with Crippen molar-refractivity contribution in [3.05, 3.63) is 123 Å². The van der Waals surface area contributed by atoms with Crippen LogP contribution in [0.1, 0.15) is 29.3 Å². The molecule has 1 amide bonds. The summed E-state index contributed by atoms with van der Waals surface area (Å²) in [6, 6.07) is 19.8. The Bertz CT molecular complexity index is 1840. The molecule has 3 aromatic carbocycles. The molecule has 0 saturated carbocycles. The molecule has 3 heterocycles. The van der Waals surface area contributed by atoms with Gasteiger partial charge in [-0.05, 0) is 41.5 Å². The number of rotatable bonds is 6. The van der Waals surface area contributed by atoms with E-state index in [1.54, 1.807) is 60.7 Å². The Hall–Kier alpha value is -4.34. The van der Waals surface area contributed by atoms with Crippen LogP contribution in [0.5, 0.6) is 0 Å². The summed E-state index contributed by atoms with van der Waals surface area (Å²) < 4.78 is 35.5. The summed E-state index contributed by atoms with van der Waals surface area (Å²) in [5, 5.41) is 6.84. The summed E-state index contributed by atoms with van der Waals surface area (Å²) in [6.07, 6.45) is 1.12. The maximum Gasteiger partial charge on any atom is 0.332 e. The Labute approximate surface area is 242 Å². The molecule has 0 aliphatic carbocycles. The van der Waals surface area contributed by atoms with Crippen LogP contribution in [0.2, 0.25) is 10.0 Å². The SMILES string of the molecule is O=C(N1N=C(c2c(-c3ccc(Cl)cc3)c3ccccc3[nH]c2=O)CC1c1ccc(Cl)cc1)C(F)(F)Cc1cocn1. The van der Waals surface area contributed by atoms with Crippen LogP contribution in [0.25, 0.3) is 22.0 Å².